The fourth-order valence-electron chi connectivity index (χ4n) is 5.49. The van der Waals surface area contributed by atoms with Gasteiger partial charge in [-0.2, -0.15) is 5.10 Å². The average molecular weight is 524 g/mol. The largest absolute Gasteiger partial charge is 0.493 e. The van der Waals surface area contributed by atoms with Crippen LogP contribution in [0.1, 0.15) is 57.6 Å². The zero-order valence-electron chi connectivity index (χ0n) is 23.0. The summed E-state index contributed by atoms with van der Waals surface area (Å²) >= 11 is 0. The van der Waals surface area contributed by atoms with E-state index in [-0.39, 0.29) is 18.5 Å². The number of aliphatic hydroxyl groups is 1. The first kappa shape index (κ1) is 26.4. The van der Waals surface area contributed by atoms with Gasteiger partial charge in [-0.1, -0.05) is 13.8 Å². The molecule has 1 fully saturated rings. The van der Waals surface area contributed by atoms with E-state index in [0.29, 0.717) is 11.4 Å². The Morgan fingerprint density at radius 3 is 2.66 bits per heavy atom. The molecular formula is C28H38FN7O2. The Morgan fingerprint density at radius 1 is 1.26 bits per heavy atom. The predicted molar refractivity (Wildman–Crippen MR) is 148 cm³/mol. The van der Waals surface area contributed by atoms with Gasteiger partial charge in [0.05, 0.1) is 30.1 Å². The molecule has 1 aliphatic rings. The highest BCUT2D eigenvalue weighted by molar-refractivity contribution is 5.95. The highest BCUT2D eigenvalue weighted by Gasteiger charge is 2.29. The van der Waals surface area contributed by atoms with Gasteiger partial charge < -0.3 is 25.0 Å². The maximum absolute atomic E-state index is 14.2. The number of rotatable bonds is 8. The van der Waals surface area contributed by atoms with Crippen molar-refractivity contribution in [2.45, 2.75) is 71.2 Å². The van der Waals surface area contributed by atoms with Gasteiger partial charge in [0, 0.05) is 48.4 Å². The van der Waals surface area contributed by atoms with E-state index in [1.807, 2.05) is 18.5 Å². The molecule has 0 bridgehead atoms. The molecule has 38 heavy (non-hydrogen) atoms. The number of aromatic amines is 1. The van der Waals surface area contributed by atoms with Crippen LogP contribution < -0.4 is 15.0 Å². The molecule has 9 nitrogen and oxygen atoms in total. The fraction of sp³-hybridized carbons (Fsp3) is 0.536. The Balaban J connectivity index is 1.43. The molecule has 0 aromatic carbocycles. The van der Waals surface area contributed by atoms with Crippen LogP contribution in [0.4, 0.5) is 10.2 Å². The van der Waals surface area contributed by atoms with Gasteiger partial charge in [0.25, 0.3) is 0 Å². The van der Waals surface area contributed by atoms with Crippen molar-refractivity contribution in [2.75, 3.05) is 31.6 Å². The van der Waals surface area contributed by atoms with Crippen molar-refractivity contribution in [3.63, 3.8) is 0 Å². The van der Waals surface area contributed by atoms with Gasteiger partial charge in [0.15, 0.2) is 11.4 Å². The van der Waals surface area contributed by atoms with Crippen molar-refractivity contribution in [1.82, 2.24) is 29.9 Å². The molecule has 204 valence electrons. The number of fused-ring (bicyclic) bond motifs is 2. The number of nitrogens with one attached hydrogen (secondary N) is 2. The monoisotopic (exact) mass is 523 g/mol. The van der Waals surface area contributed by atoms with Crippen LogP contribution in [0.25, 0.3) is 27.8 Å². The lowest BCUT2D eigenvalue weighted by Crippen LogP contribution is -2.47. The molecule has 5 rings (SSSR count). The fourth-order valence-corrected chi connectivity index (χ4v) is 5.49. The number of methoxy groups -OCH3 is 1. The number of piperidine rings is 1. The summed E-state index contributed by atoms with van der Waals surface area (Å²) in [6, 6.07) is 2.23. The minimum absolute atomic E-state index is 0.159. The third-order valence-corrected chi connectivity index (χ3v) is 7.67. The third-order valence-electron chi connectivity index (χ3n) is 7.67. The van der Waals surface area contributed by atoms with Gasteiger partial charge in [0.1, 0.15) is 18.3 Å². The van der Waals surface area contributed by atoms with Crippen LogP contribution in [0, 0.1) is 6.92 Å². The number of alkyl halides is 1. The summed E-state index contributed by atoms with van der Waals surface area (Å²) in [7, 11) is 1.64. The summed E-state index contributed by atoms with van der Waals surface area (Å²) in [6.07, 6.45) is 5.92. The Bertz CT molecular complexity index is 1430. The molecular weight excluding hydrogens is 485 g/mol. The number of nitrogens with zero attached hydrogens (tertiary/aromatic N) is 5. The molecule has 0 spiro atoms. The molecule has 5 heterocycles. The highest BCUT2D eigenvalue weighted by atomic mass is 19.1. The Hall–Kier alpha value is -3.24. The molecule has 4 aromatic heterocycles. The first-order chi connectivity index (χ1) is 18.1. The molecule has 4 aromatic rings. The van der Waals surface area contributed by atoms with Crippen LogP contribution in [0.2, 0.25) is 0 Å². The lowest BCUT2D eigenvalue weighted by molar-refractivity contribution is -0.00359. The maximum atomic E-state index is 14.2. The van der Waals surface area contributed by atoms with E-state index in [2.05, 4.69) is 46.1 Å². The van der Waals surface area contributed by atoms with E-state index in [9.17, 15) is 9.50 Å². The van der Waals surface area contributed by atoms with Crippen molar-refractivity contribution in [3.8, 4) is 17.0 Å². The van der Waals surface area contributed by atoms with Gasteiger partial charge in [-0.25, -0.2) is 18.9 Å². The predicted octanol–water partition coefficient (Wildman–Crippen LogP) is 4.38. The van der Waals surface area contributed by atoms with Crippen LogP contribution in [0.3, 0.4) is 0 Å². The van der Waals surface area contributed by atoms with Gasteiger partial charge in [-0.15, -0.1) is 0 Å². The molecule has 0 radical (unpaired) electrons. The van der Waals surface area contributed by atoms with E-state index in [0.717, 1.165) is 54.1 Å². The Labute approximate surface area is 222 Å². The van der Waals surface area contributed by atoms with Crippen LogP contribution >= 0.6 is 0 Å². The number of hydrogen-bond acceptors (Lipinski definition) is 7. The second-order valence-electron chi connectivity index (χ2n) is 11.2. The van der Waals surface area contributed by atoms with Crippen molar-refractivity contribution in [1.29, 1.82) is 0 Å². The molecule has 0 aliphatic carbocycles. The van der Waals surface area contributed by atoms with Crippen molar-refractivity contribution in [3.05, 3.63) is 35.9 Å². The van der Waals surface area contributed by atoms with Gasteiger partial charge in [-0.3, -0.25) is 0 Å². The molecule has 1 atom stereocenters. The molecule has 0 amide bonds. The second kappa shape index (κ2) is 10.1. The minimum Gasteiger partial charge on any atom is -0.493 e. The SMILES string of the molecule is COc1cc(-c2[nH]c3cnc(N4CCC(NCC(F)C(C)(C)O)CC4)c(C)c3c2C(C)C)cn2ncnc12. The molecule has 3 N–H and O–H groups in total. The number of ether oxygens (including phenoxy) is 1. The van der Waals surface area contributed by atoms with Crippen molar-refractivity contribution < 1.29 is 14.2 Å². The van der Waals surface area contributed by atoms with E-state index in [4.69, 9.17) is 9.72 Å². The second-order valence-corrected chi connectivity index (χ2v) is 11.2. The molecule has 10 heteroatoms. The van der Waals surface area contributed by atoms with Gasteiger partial charge in [-0.05, 0) is 51.2 Å². The zero-order valence-corrected chi connectivity index (χ0v) is 23.0. The van der Waals surface area contributed by atoms with Crippen molar-refractivity contribution >= 4 is 22.4 Å². The van der Waals surface area contributed by atoms with Crippen LogP contribution in [-0.2, 0) is 0 Å². The quantitative estimate of drug-likeness (QED) is 0.315. The van der Waals surface area contributed by atoms with Crippen LogP contribution in [0.5, 0.6) is 5.75 Å². The summed E-state index contributed by atoms with van der Waals surface area (Å²) in [6.45, 7) is 11.4. The summed E-state index contributed by atoms with van der Waals surface area (Å²) in [5.41, 5.74) is 4.74. The first-order valence-corrected chi connectivity index (χ1v) is 13.3. The summed E-state index contributed by atoms with van der Waals surface area (Å²) in [5, 5.41) is 18.7. The molecule has 0 saturated carbocycles. The number of pyridine rings is 2. The molecule has 1 unspecified atom stereocenters. The lowest BCUT2D eigenvalue weighted by atomic mass is 9.94. The number of H-pyrrole nitrogens is 1. The Kier molecular flexibility index (Phi) is 7.04. The van der Waals surface area contributed by atoms with Crippen molar-refractivity contribution in [2.24, 2.45) is 0 Å². The zero-order chi connectivity index (χ0) is 27.2. The first-order valence-electron chi connectivity index (χ1n) is 13.3. The molecule has 1 aliphatic heterocycles. The van der Waals surface area contributed by atoms with E-state index >= 15 is 0 Å². The molecule has 1 saturated heterocycles. The average Bonchev–Trinajstić information content (AvgIpc) is 3.52. The summed E-state index contributed by atoms with van der Waals surface area (Å²) < 4.78 is 21.5. The van der Waals surface area contributed by atoms with Crippen LogP contribution in [0.15, 0.2) is 24.8 Å². The standard InChI is InChI=1S/C28H38FN7O2/c1-16(2)23-24-17(3)26(35-9-7-19(8-10-35)30-13-22(29)28(4,5)37)31-12-20(24)34-25(23)18-11-21(38-6)27-32-15-33-36(27)14-18/h11-12,14-16,19,22,30,34,37H,7-10,13H2,1-6H3. The van der Waals surface area contributed by atoms with E-state index < -0.39 is 11.8 Å². The normalized spacial score (nSPS) is 16.2. The summed E-state index contributed by atoms with van der Waals surface area (Å²) in [5.74, 6) is 1.93. The number of aromatic nitrogens is 5. The summed E-state index contributed by atoms with van der Waals surface area (Å²) in [4.78, 5) is 15.1. The van der Waals surface area contributed by atoms with Gasteiger partial charge >= 0.3 is 0 Å². The van der Waals surface area contributed by atoms with Gasteiger partial charge in [0.2, 0.25) is 0 Å². The highest BCUT2D eigenvalue weighted by Crippen LogP contribution is 2.40. The number of hydrogen-bond donors (Lipinski definition) is 3. The van der Waals surface area contributed by atoms with E-state index in [1.165, 1.54) is 31.1 Å². The van der Waals surface area contributed by atoms with E-state index in [1.54, 1.807) is 11.6 Å². The van der Waals surface area contributed by atoms with Crippen LogP contribution in [-0.4, -0.2) is 74.2 Å². The number of halogens is 1. The number of anilines is 1. The number of aryl methyl sites for hydroxylation is 1. The smallest absolute Gasteiger partial charge is 0.197 e. The maximum Gasteiger partial charge on any atom is 0.197 e. The lowest BCUT2D eigenvalue weighted by Gasteiger charge is -2.35. The topological polar surface area (TPSA) is 104 Å². The Morgan fingerprint density at radius 2 is 2.00 bits per heavy atom. The third kappa shape index (κ3) is 4.82. The minimum atomic E-state index is -1.33.